The van der Waals surface area contributed by atoms with Crippen LogP contribution in [0, 0.1) is 17.3 Å². The van der Waals surface area contributed by atoms with E-state index in [1.807, 2.05) is 4.90 Å². The highest BCUT2D eigenvalue weighted by Crippen LogP contribution is 2.27. The summed E-state index contributed by atoms with van der Waals surface area (Å²) >= 11 is 0. The predicted molar refractivity (Wildman–Crippen MR) is 138 cm³/mol. The molecule has 4 heteroatoms. The second-order valence-corrected chi connectivity index (χ2v) is 11.9. The summed E-state index contributed by atoms with van der Waals surface area (Å²) in [6.45, 7) is 18.5. The van der Waals surface area contributed by atoms with Gasteiger partial charge in [-0.05, 0) is 73.5 Å². The van der Waals surface area contributed by atoms with E-state index in [0.29, 0.717) is 23.3 Å². The molecular formula is C28H49N3O. The Morgan fingerprint density at radius 2 is 1.66 bits per heavy atom. The fourth-order valence-corrected chi connectivity index (χ4v) is 4.53. The Labute approximate surface area is 197 Å². The minimum Gasteiger partial charge on any atom is -0.368 e. The van der Waals surface area contributed by atoms with E-state index in [-0.39, 0.29) is 11.9 Å². The number of anilines is 1. The molecule has 0 aliphatic carbocycles. The van der Waals surface area contributed by atoms with Crippen molar-refractivity contribution in [3.8, 4) is 0 Å². The quantitative estimate of drug-likeness (QED) is 0.491. The number of carbonyl (C=O) groups excluding carboxylic acids is 1. The van der Waals surface area contributed by atoms with E-state index >= 15 is 0 Å². The van der Waals surface area contributed by atoms with Crippen molar-refractivity contribution in [3.63, 3.8) is 0 Å². The summed E-state index contributed by atoms with van der Waals surface area (Å²) in [6.07, 6.45) is 6.32. The van der Waals surface area contributed by atoms with E-state index in [4.69, 9.17) is 5.73 Å². The first-order valence-corrected chi connectivity index (χ1v) is 12.9. The molecule has 1 saturated heterocycles. The molecule has 0 saturated carbocycles. The van der Waals surface area contributed by atoms with E-state index in [0.717, 1.165) is 45.3 Å². The van der Waals surface area contributed by atoms with Crippen LogP contribution >= 0.6 is 0 Å². The normalized spacial score (nSPS) is 16.6. The second kappa shape index (κ2) is 12.1. The number of hydrogen-bond donors (Lipinski definition) is 1. The maximum atomic E-state index is 12.8. The van der Waals surface area contributed by atoms with Crippen molar-refractivity contribution in [3.05, 3.63) is 29.8 Å². The maximum Gasteiger partial charge on any atom is 0.239 e. The average molecular weight is 444 g/mol. The van der Waals surface area contributed by atoms with Gasteiger partial charge in [0.2, 0.25) is 5.91 Å². The van der Waals surface area contributed by atoms with Gasteiger partial charge in [0.1, 0.15) is 0 Å². The van der Waals surface area contributed by atoms with Crippen LogP contribution in [0.2, 0.25) is 0 Å². The van der Waals surface area contributed by atoms with E-state index in [9.17, 15) is 4.79 Å². The third-order valence-corrected chi connectivity index (χ3v) is 6.64. The Hall–Kier alpha value is -1.55. The number of aryl methyl sites for hydroxylation is 1. The molecule has 1 aromatic carbocycles. The molecule has 0 aromatic heterocycles. The van der Waals surface area contributed by atoms with Crippen LogP contribution in [-0.2, 0) is 11.2 Å². The molecule has 2 N–H and O–H groups in total. The first-order valence-electron chi connectivity index (χ1n) is 12.9. The standard InChI is InChI=1S/C28H49N3O/c1-21(2)13-19-31(24-10-8-23(9-11-24)12-16-28(5,6)7)25-14-17-30(18-15-25)27(32)26(29)20-22(3)4/h8-11,21-22,25-26H,12-20,29H2,1-7H3/t26-/m1/s1. The Morgan fingerprint density at radius 1 is 1.06 bits per heavy atom. The molecule has 0 unspecified atom stereocenters. The molecule has 0 radical (unpaired) electrons. The van der Waals surface area contributed by atoms with Gasteiger partial charge in [-0.1, -0.05) is 60.6 Å². The molecule has 2 rings (SSSR count). The summed E-state index contributed by atoms with van der Waals surface area (Å²) < 4.78 is 0. The van der Waals surface area contributed by atoms with Crippen molar-refractivity contribution in [1.82, 2.24) is 4.90 Å². The van der Waals surface area contributed by atoms with Gasteiger partial charge in [-0.25, -0.2) is 0 Å². The third-order valence-electron chi connectivity index (χ3n) is 6.64. The van der Waals surface area contributed by atoms with Crippen molar-refractivity contribution in [2.75, 3.05) is 24.5 Å². The molecule has 1 fully saturated rings. The van der Waals surface area contributed by atoms with Crippen LogP contribution < -0.4 is 10.6 Å². The molecular weight excluding hydrogens is 394 g/mol. The van der Waals surface area contributed by atoms with E-state index in [1.54, 1.807) is 0 Å². The zero-order valence-corrected chi connectivity index (χ0v) is 21.9. The lowest BCUT2D eigenvalue weighted by Gasteiger charge is -2.41. The van der Waals surface area contributed by atoms with Crippen molar-refractivity contribution in [1.29, 1.82) is 0 Å². The lowest BCUT2D eigenvalue weighted by Crippen LogP contribution is -2.51. The number of hydrogen-bond acceptors (Lipinski definition) is 3. The van der Waals surface area contributed by atoms with Gasteiger partial charge in [0.05, 0.1) is 6.04 Å². The molecule has 0 bridgehead atoms. The van der Waals surface area contributed by atoms with Crippen LogP contribution in [0.15, 0.2) is 24.3 Å². The van der Waals surface area contributed by atoms with Crippen LogP contribution in [0.3, 0.4) is 0 Å². The number of likely N-dealkylation sites (tertiary alicyclic amines) is 1. The van der Waals surface area contributed by atoms with Gasteiger partial charge in [-0.2, -0.15) is 0 Å². The number of piperidine rings is 1. The molecule has 4 nitrogen and oxygen atoms in total. The minimum absolute atomic E-state index is 0.133. The fraction of sp³-hybridized carbons (Fsp3) is 0.750. The Kier molecular flexibility index (Phi) is 10.1. The molecule has 182 valence electrons. The zero-order chi connectivity index (χ0) is 23.9. The number of rotatable bonds is 10. The summed E-state index contributed by atoms with van der Waals surface area (Å²) in [4.78, 5) is 17.4. The van der Waals surface area contributed by atoms with Crippen LogP contribution in [-0.4, -0.2) is 42.5 Å². The van der Waals surface area contributed by atoms with E-state index < -0.39 is 0 Å². The van der Waals surface area contributed by atoms with Crippen molar-refractivity contribution < 1.29 is 4.79 Å². The molecule has 0 spiro atoms. The van der Waals surface area contributed by atoms with Crippen LogP contribution in [0.1, 0.15) is 86.1 Å². The number of nitrogens with two attached hydrogens (primary N) is 1. The first kappa shape index (κ1) is 26.7. The number of nitrogens with zero attached hydrogens (tertiary/aromatic N) is 2. The summed E-state index contributed by atoms with van der Waals surface area (Å²) in [6, 6.07) is 9.38. The van der Waals surface area contributed by atoms with Gasteiger partial charge in [0, 0.05) is 31.4 Å². The summed E-state index contributed by atoms with van der Waals surface area (Å²) in [5.74, 6) is 1.26. The number of benzene rings is 1. The molecule has 1 aliphatic heterocycles. The van der Waals surface area contributed by atoms with Crippen LogP contribution in [0.25, 0.3) is 0 Å². The fourth-order valence-electron chi connectivity index (χ4n) is 4.53. The average Bonchev–Trinajstić information content (AvgIpc) is 2.72. The topological polar surface area (TPSA) is 49.6 Å². The maximum absolute atomic E-state index is 12.8. The lowest BCUT2D eigenvalue weighted by molar-refractivity contribution is -0.134. The third kappa shape index (κ3) is 8.77. The summed E-state index contributed by atoms with van der Waals surface area (Å²) in [7, 11) is 0. The number of carbonyl (C=O) groups is 1. The van der Waals surface area contributed by atoms with E-state index in [1.165, 1.54) is 24.1 Å². The lowest BCUT2D eigenvalue weighted by atomic mass is 9.88. The highest BCUT2D eigenvalue weighted by molar-refractivity contribution is 5.81. The van der Waals surface area contributed by atoms with Crippen molar-refractivity contribution >= 4 is 11.6 Å². The minimum atomic E-state index is -0.357. The van der Waals surface area contributed by atoms with Crippen LogP contribution in [0.5, 0.6) is 0 Å². The molecule has 1 aliphatic rings. The smallest absolute Gasteiger partial charge is 0.239 e. The molecule has 32 heavy (non-hydrogen) atoms. The van der Waals surface area contributed by atoms with Crippen molar-refractivity contribution in [2.45, 2.75) is 99.1 Å². The summed E-state index contributed by atoms with van der Waals surface area (Å²) in [5, 5.41) is 0. The van der Waals surface area contributed by atoms with Gasteiger partial charge in [0.15, 0.2) is 0 Å². The largest absolute Gasteiger partial charge is 0.368 e. The van der Waals surface area contributed by atoms with Gasteiger partial charge in [-0.15, -0.1) is 0 Å². The monoisotopic (exact) mass is 443 g/mol. The SMILES string of the molecule is CC(C)CCN(c1ccc(CCC(C)(C)C)cc1)C1CCN(C(=O)[C@H](N)CC(C)C)CC1. The van der Waals surface area contributed by atoms with Gasteiger partial charge in [-0.3, -0.25) is 4.79 Å². The molecule has 1 atom stereocenters. The van der Waals surface area contributed by atoms with Gasteiger partial charge in [0.25, 0.3) is 0 Å². The molecule has 1 heterocycles. The Balaban J connectivity index is 2.02. The Bertz CT molecular complexity index is 682. The zero-order valence-electron chi connectivity index (χ0n) is 21.9. The predicted octanol–water partition coefficient (Wildman–Crippen LogP) is 5.88. The summed E-state index contributed by atoms with van der Waals surface area (Å²) in [5.41, 5.74) is 9.29. The van der Waals surface area contributed by atoms with Crippen molar-refractivity contribution in [2.24, 2.45) is 23.0 Å². The number of amides is 1. The van der Waals surface area contributed by atoms with Gasteiger partial charge < -0.3 is 15.5 Å². The van der Waals surface area contributed by atoms with E-state index in [2.05, 4.69) is 77.6 Å². The highest BCUT2D eigenvalue weighted by atomic mass is 16.2. The highest BCUT2D eigenvalue weighted by Gasteiger charge is 2.29. The first-order chi connectivity index (χ1) is 15.0. The molecule has 1 amide bonds. The van der Waals surface area contributed by atoms with Gasteiger partial charge >= 0.3 is 0 Å². The molecule has 1 aromatic rings. The Morgan fingerprint density at radius 3 is 2.16 bits per heavy atom. The second-order valence-electron chi connectivity index (χ2n) is 11.9. The van der Waals surface area contributed by atoms with Crippen LogP contribution in [0.4, 0.5) is 5.69 Å².